The summed E-state index contributed by atoms with van der Waals surface area (Å²) in [6.07, 6.45) is -0.377. The van der Waals surface area contributed by atoms with Crippen molar-refractivity contribution in [2.45, 2.75) is 30.7 Å². The summed E-state index contributed by atoms with van der Waals surface area (Å²) in [5, 5.41) is 21.9. The predicted octanol–water partition coefficient (Wildman–Crippen LogP) is -0.470. The summed E-state index contributed by atoms with van der Waals surface area (Å²) in [4.78, 5) is 56.9. The van der Waals surface area contributed by atoms with Crippen LogP contribution < -0.4 is 10.6 Å². The third-order valence-electron chi connectivity index (χ3n) is 5.77. The molecule has 3 aliphatic rings. The van der Waals surface area contributed by atoms with Gasteiger partial charge in [-0.2, -0.15) is 0 Å². The number of thioether (sulfide) groups is 1. The quantitative estimate of drug-likeness (QED) is 0.418. The Labute approximate surface area is 191 Å². The number of amides is 3. The molecule has 4 N–H and O–H groups in total. The number of anilines is 1. The van der Waals surface area contributed by atoms with Crippen LogP contribution in [0.5, 0.6) is 0 Å². The van der Waals surface area contributed by atoms with Crippen LogP contribution in [0.25, 0.3) is 0 Å². The van der Waals surface area contributed by atoms with E-state index in [9.17, 15) is 29.4 Å². The number of primary amides is 1. The number of aliphatic hydroxyl groups excluding tert-OH is 1. The van der Waals surface area contributed by atoms with Gasteiger partial charge in [0.1, 0.15) is 11.4 Å². The number of nitrogens with zero attached hydrogens (tertiary/aromatic N) is 4. The first-order valence-corrected chi connectivity index (χ1v) is 11.7. The number of fused-ring (bicyclic) bond motifs is 1. The minimum atomic E-state index is -1.13. The first-order valence-electron chi connectivity index (χ1n) is 9.97. The number of aromatic nitrogens is 1. The van der Waals surface area contributed by atoms with Crippen molar-refractivity contribution >= 4 is 51.9 Å². The Morgan fingerprint density at radius 2 is 2.09 bits per heavy atom. The summed E-state index contributed by atoms with van der Waals surface area (Å²) in [6, 6.07) is -0.294. The molecule has 0 bridgehead atoms. The Kier molecular flexibility index (Phi) is 5.90. The molecule has 0 radical (unpaired) electrons. The molecule has 0 aliphatic carbocycles. The predicted molar refractivity (Wildman–Crippen MR) is 117 cm³/mol. The van der Waals surface area contributed by atoms with E-state index >= 15 is 0 Å². The molecule has 32 heavy (non-hydrogen) atoms. The molecule has 4 rings (SSSR count). The SMILES string of the molecule is C[C@@H](O)[C@H]1C(=O)N2C(C(=O)O)=C(SC3CN(c4nc(C(=O)N(C)CC(N)=O)cs4)C3)C[C@H]12. The van der Waals surface area contributed by atoms with Gasteiger partial charge in [0.2, 0.25) is 11.8 Å². The van der Waals surface area contributed by atoms with Gasteiger partial charge in [-0.15, -0.1) is 23.1 Å². The molecule has 0 saturated carbocycles. The van der Waals surface area contributed by atoms with E-state index in [0.29, 0.717) is 29.5 Å². The van der Waals surface area contributed by atoms with Crippen molar-refractivity contribution in [3.8, 4) is 0 Å². The molecule has 2 saturated heterocycles. The average molecular weight is 482 g/mol. The topological polar surface area (TPSA) is 157 Å². The summed E-state index contributed by atoms with van der Waals surface area (Å²) in [5.74, 6) is -3.02. The van der Waals surface area contributed by atoms with Gasteiger partial charge in [-0.25, -0.2) is 9.78 Å². The molecule has 3 atom stereocenters. The Morgan fingerprint density at radius 1 is 1.41 bits per heavy atom. The molecule has 11 nitrogen and oxygen atoms in total. The molecule has 13 heteroatoms. The van der Waals surface area contributed by atoms with Gasteiger partial charge in [-0.1, -0.05) is 0 Å². The van der Waals surface area contributed by atoms with E-state index < -0.39 is 23.9 Å². The van der Waals surface area contributed by atoms with E-state index in [1.807, 2.05) is 4.90 Å². The summed E-state index contributed by atoms with van der Waals surface area (Å²) >= 11 is 2.77. The number of likely N-dealkylation sites (N-methyl/N-ethyl adjacent to an activating group) is 1. The van der Waals surface area contributed by atoms with Gasteiger partial charge in [0, 0.05) is 42.1 Å². The lowest BCUT2D eigenvalue weighted by Gasteiger charge is -2.44. The van der Waals surface area contributed by atoms with Crippen LogP contribution in [0, 0.1) is 5.92 Å². The Bertz CT molecular complexity index is 1020. The van der Waals surface area contributed by atoms with Crippen molar-refractivity contribution in [2.75, 3.05) is 31.6 Å². The van der Waals surface area contributed by atoms with E-state index in [4.69, 9.17) is 5.73 Å². The van der Waals surface area contributed by atoms with Crippen LogP contribution in [0.4, 0.5) is 5.13 Å². The first-order chi connectivity index (χ1) is 15.1. The molecule has 3 amide bonds. The van der Waals surface area contributed by atoms with Crippen LogP contribution in [0.2, 0.25) is 0 Å². The lowest BCUT2D eigenvalue weighted by Crippen LogP contribution is -2.61. The van der Waals surface area contributed by atoms with Gasteiger partial charge in [0.25, 0.3) is 5.91 Å². The van der Waals surface area contributed by atoms with E-state index in [0.717, 1.165) is 0 Å². The van der Waals surface area contributed by atoms with Crippen LogP contribution in [0.1, 0.15) is 23.8 Å². The normalized spacial score (nSPS) is 23.5. The fourth-order valence-corrected chi connectivity index (χ4v) is 6.51. The minimum absolute atomic E-state index is 0.0277. The standard InChI is InChI=1S/C19H23N5O6S2/c1-8(25)14-11-3-12(15(18(29)30)24(11)17(14)28)32-9-4-23(5-9)19-21-10(7-31-19)16(27)22(2)6-13(20)26/h7-9,11,14,25H,3-6H2,1-2H3,(H2,20,26)(H,29,30)/t8-,11-,14-/m1/s1. The van der Waals surface area contributed by atoms with Gasteiger partial charge in [0.15, 0.2) is 5.13 Å². The number of aliphatic carboxylic acids is 1. The van der Waals surface area contributed by atoms with Gasteiger partial charge in [-0.3, -0.25) is 14.4 Å². The molecular weight excluding hydrogens is 458 g/mol. The summed E-state index contributed by atoms with van der Waals surface area (Å²) in [6.45, 7) is 2.61. The lowest BCUT2D eigenvalue weighted by atomic mass is 9.83. The number of thiazole rings is 1. The van der Waals surface area contributed by atoms with Crippen LogP contribution in [-0.4, -0.2) is 92.8 Å². The molecule has 1 aromatic rings. The number of carboxylic acid groups (broad SMARTS) is 1. The second-order valence-corrected chi connectivity index (χ2v) is 10.3. The van der Waals surface area contributed by atoms with Crippen molar-refractivity contribution < 1.29 is 29.4 Å². The maximum absolute atomic E-state index is 12.3. The third-order valence-corrected chi connectivity index (χ3v) is 7.95. The molecule has 2 fully saturated rings. The third kappa shape index (κ3) is 3.84. The number of rotatable bonds is 8. The smallest absolute Gasteiger partial charge is 0.353 e. The Balaban J connectivity index is 1.36. The number of carbonyl (C=O) groups excluding carboxylic acids is 3. The van der Waals surface area contributed by atoms with Gasteiger partial charge >= 0.3 is 5.97 Å². The highest BCUT2D eigenvalue weighted by Crippen LogP contribution is 2.49. The average Bonchev–Trinajstić information content (AvgIpc) is 3.25. The van der Waals surface area contributed by atoms with E-state index in [-0.39, 0.29) is 41.0 Å². The largest absolute Gasteiger partial charge is 0.477 e. The number of hydrogen-bond donors (Lipinski definition) is 3. The first kappa shape index (κ1) is 22.6. The molecule has 1 aromatic heterocycles. The van der Waals surface area contributed by atoms with Gasteiger partial charge < -0.3 is 30.6 Å². The number of hydrogen-bond acceptors (Lipinski definition) is 9. The highest BCUT2D eigenvalue weighted by atomic mass is 32.2. The van der Waals surface area contributed by atoms with E-state index in [1.54, 1.807) is 12.3 Å². The number of aliphatic hydroxyl groups is 1. The molecule has 0 aromatic carbocycles. The number of carboxylic acids is 1. The molecule has 0 unspecified atom stereocenters. The van der Waals surface area contributed by atoms with E-state index in [2.05, 4.69) is 4.98 Å². The number of nitrogens with two attached hydrogens (primary N) is 1. The van der Waals surface area contributed by atoms with Crippen LogP contribution in [-0.2, 0) is 14.4 Å². The van der Waals surface area contributed by atoms with Gasteiger partial charge in [-0.05, 0) is 6.92 Å². The van der Waals surface area contributed by atoms with Crippen molar-refractivity contribution in [2.24, 2.45) is 11.7 Å². The highest BCUT2D eigenvalue weighted by molar-refractivity contribution is 8.03. The summed E-state index contributed by atoms with van der Waals surface area (Å²) < 4.78 is 0. The van der Waals surface area contributed by atoms with Gasteiger partial charge in [0.05, 0.1) is 24.6 Å². The zero-order valence-corrected chi connectivity index (χ0v) is 19.1. The fourth-order valence-electron chi connectivity index (χ4n) is 4.22. The maximum atomic E-state index is 12.3. The summed E-state index contributed by atoms with van der Waals surface area (Å²) in [7, 11) is 1.48. The van der Waals surface area contributed by atoms with Crippen molar-refractivity contribution in [3.05, 3.63) is 21.7 Å². The Hall–Kier alpha value is -2.64. The zero-order valence-electron chi connectivity index (χ0n) is 17.4. The number of β-lactam (4-membered cyclic amide) rings is 1. The molecule has 0 spiro atoms. The number of carbonyl (C=O) groups is 4. The molecule has 4 heterocycles. The second-order valence-electron chi connectivity index (χ2n) is 8.11. The summed E-state index contributed by atoms with van der Waals surface area (Å²) in [5.41, 5.74) is 5.39. The van der Waals surface area contributed by atoms with Crippen molar-refractivity contribution in [1.29, 1.82) is 0 Å². The molecular formula is C19H23N5O6S2. The highest BCUT2D eigenvalue weighted by Gasteiger charge is 2.57. The van der Waals surface area contributed by atoms with E-state index in [1.165, 1.54) is 39.9 Å². The zero-order chi connectivity index (χ0) is 23.3. The molecule has 172 valence electrons. The van der Waals surface area contributed by atoms with Crippen molar-refractivity contribution in [3.63, 3.8) is 0 Å². The van der Waals surface area contributed by atoms with Crippen LogP contribution >= 0.6 is 23.1 Å². The second kappa shape index (κ2) is 8.37. The minimum Gasteiger partial charge on any atom is -0.477 e. The Morgan fingerprint density at radius 3 is 2.69 bits per heavy atom. The maximum Gasteiger partial charge on any atom is 0.353 e. The molecule has 3 aliphatic heterocycles. The fraction of sp³-hybridized carbons (Fsp3) is 0.526. The monoisotopic (exact) mass is 481 g/mol. The van der Waals surface area contributed by atoms with Crippen LogP contribution in [0.15, 0.2) is 16.0 Å². The van der Waals surface area contributed by atoms with Crippen LogP contribution in [0.3, 0.4) is 0 Å². The van der Waals surface area contributed by atoms with Crippen molar-refractivity contribution in [1.82, 2.24) is 14.8 Å². The lowest BCUT2D eigenvalue weighted by molar-refractivity contribution is -0.161.